The highest BCUT2D eigenvalue weighted by molar-refractivity contribution is 5.78. The number of rotatable bonds is 5. The maximum absolute atomic E-state index is 13.4. The van der Waals surface area contributed by atoms with Crippen molar-refractivity contribution in [3.05, 3.63) is 35.4 Å². The minimum atomic E-state index is -0.543. The van der Waals surface area contributed by atoms with Crippen LogP contribution >= 0.6 is 0 Å². The summed E-state index contributed by atoms with van der Waals surface area (Å²) in [5.74, 6) is -0.742. The highest BCUT2D eigenvalue weighted by Crippen LogP contribution is 2.13. The number of amides is 1. The summed E-state index contributed by atoms with van der Waals surface area (Å²) < 4.78 is 26.4. The van der Waals surface area contributed by atoms with Crippen LogP contribution in [0.5, 0.6) is 0 Å². The van der Waals surface area contributed by atoms with Crippen molar-refractivity contribution < 1.29 is 13.6 Å². The molecule has 1 heterocycles. The highest BCUT2D eigenvalue weighted by Gasteiger charge is 2.13. The molecule has 1 aromatic carbocycles. The van der Waals surface area contributed by atoms with Crippen LogP contribution in [0.1, 0.15) is 24.8 Å². The van der Waals surface area contributed by atoms with E-state index in [-0.39, 0.29) is 17.9 Å². The minimum Gasteiger partial charge on any atom is -0.356 e. The van der Waals surface area contributed by atoms with Gasteiger partial charge in [0.2, 0.25) is 5.91 Å². The van der Waals surface area contributed by atoms with E-state index >= 15 is 0 Å². The first-order valence-electron chi connectivity index (χ1n) is 7.06. The summed E-state index contributed by atoms with van der Waals surface area (Å²) in [4.78, 5) is 11.7. The third-order valence-corrected chi connectivity index (χ3v) is 3.63. The molecule has 1 fully saturated rings. The molecule has 0 aromatic heterocycles. The lowest BCUT2D eigenvalue weighted by Gasteiger charge is -2.22. The van der Waals surface area contributed by atoms with E-state index in [4.69, 9.17) is 0 Å². The third kappa shape index (κ3) is 4.56. The molecule has 5 heteroatoms. The third-order valence-electron chi connectivity index (χ3n) is 3.63. The summed E-state index contributed by atoms with van der Waals surface area (Å²) in [6, 6.07) is 3.17. The van der Waals surface area contributed by atoms with E-state index in [2.05, 4.69) is 10.6 Å². The smallest absolute Gasteiger partial charge is 0.224 e. The van der Waals surface area contributed by atoms with Gasteiger partial charge in [0.15, 0.2) is 0 Å². The molecule has 1 aliphatic rings. The highest BCUT2D eigenvalue weighted by atomic mass is 19.1. The Kier molecular flexibility index (Phi) is 5.47. The van der Waals surface area contributed by atoms with Gasteiger partial charge in [0.1, 0.15) is 11.6 Å². The van der Waals surface area contributed by atoms with E-state index in [1.807, 2.05) is 0 Å². The average molecular weight is 282 g/mol. The van der Waals surface area contributed by atoms with Crippen molar-refractivity contribution >= 4 is 5.91 Å². The predicted octanol–water partition coefficient (Wildman–Crippen LogP) is 2.01. The Hall–Kier alpha value is -1.49. The SMILES string of the molecule is O=C(Cc1cc(F)ccc1F)NCCC1CCCNC1. The summed E-state index contributed by atoms with van der Waals surface area (Å²) in [6.45, 7) is 2.65. The molecule has 1 saturated heterocycles. The zero-order chi connectivity index (χ0) is 14.4. The Balaban J connectivity index is 1.73. The fourth-order valence-corrected chi connectivity index (χ4v) is 2.50. The molecule has 0 spiro atoms. The van der Waals surface area contributed by atoms with Crippen molar-refractivity contribution in [2.75, 3.05) is 19.6 Å². The number of hydrogen-bond acceptors (Lipinski definition) is 2. The van der Waals surface area contributed by atoms with E-state index in [9.17, 15) is 13.6 Å². The summed E-state index contributed by atoms with van der Waals surface area (Å²) in [7, 11) is 0. The number of hydrogen-bond donors (Lipinski definition) is 2. The van der Waals surface area contributed by atoms with E-state index in [1.165, 1.54) is 12.8 Å². The fourth-order valence-electron chi connectivity index (χ4n) is 2.50. The fraction of sp³-hybridized carbons (Fsp3) is 0.533. The molecule has 2 rings (SSSR count). The second-order valence-corrected chi connectivity index (χ2v) is 5.26. The van der Waals surface area contributed by atoms with Gasteiger partial charge in [0.05, 0.1) is 6.42 Å². The Morgan fingerprint density at radius 2 is 2.25 bits per heavy atom. The molecule has 1 aromatic rings. The first-order chi connectivity index (χ1) is 9.65. The predicted molar refractivity (Wildman–Crippen MR) is 73.3 cm³/mol. The van der Waals surface area contributed by atoms with E-state index < -0.39 is 11.6 Å². The molecule has 1 amide bonds. The van der Waals surface area contributed by atoms with E-state index in [0.717, 1.165) is 37.7 Å². The first-order valence-corrected chi connectivity index (χ1v) is 7.06. The van der Waals surface area contributed by atoms with Crippen molar-refractivity contribution in [2.24, 2.45) is 5.92 Å². The topological polar surface area (TPSA) is 41.1 Å². The first kappa shape index (κ1) is 14.9. The molecule has 0 aliphatic carbocycles. The van der Waals surface area contributed by atoms with Gasteiger partial charge in [0, 0.05) is 12.1 Å². The molecule has 1 aliphatic heterocycles. The standard InChI is InChI=1S/C15H20F2N2O/c16-13-3-4-14(17)12(8-13)9-15(20)19-7-5-11-2-1-6-18-10-11/h3-4,8,11,18H,1-2,5-7,9-10H2,(H,19,20). The molecule has 0 saturated carbocycles. The van der Waals surface area contributed by atoms with Crippen molar-refractivity contribution in [1.29, 1.82) is 0 Å². The second-order valence-electron chi connectivity index (χ2n) is 5.26. The molecule has 20 heavy (non-hydrogen) atoms. The van der Waals surface area contributed by atoms with Crippen LogP contribution in [0.3, 0.4) is 0 Å². The Bertz CT molecular complexity index is 459. The Morgan fingerprint density at radius 3 is 3.00 bits per heavy atom. The summed E-state index contributed by atoms with van der Waals surface area (Å²) in [5.41, 5.74) is 0.0989. The number of nitrogens with one attached hydrogen (secondary N) is 2. The van der Waals surface area contributed by atoms with Gasteiger partial charge in [-0.05, 0) is 56.5 Å². The largest absolute Gasteiger partial charge is 0.356 e. The van der Waals surface area contributed by atoms with Crippen LogP contribution in [0, 0.1) is 17.6 Å². The molecule has 110 valence electrons. The lowest BCUT2D eigenvalue weighted by molar-refractivity contribution is -0.120. The van der Waals surface area contributed by atoms with E-state index in [1.54, 1.807) is 0 Å². The maximum Gasteiger partial charge on any atom is 0.224 e. The molecule has 2 N–H and O–H groups in total. The summed E-state index contributed by atoms with van der Waals surface area (Å²) in [6.07, 6.45) is 3.16. The van der Waals surface area contributed by atoms with Crippen LogP contribution in [0.2, 0.25) is 0 Å². The van der Waals surface area contributed by atoms with Crippen molar-refractivity contribution in [3.8, 4) is 0 Å². The van der Waals surface area contributed by atoms with Crippen molar-refractivity contribution in [2.45, 2.75) is 25.7 Å². The Morgan fingerprint density at radius 1 is 1.40 bits per heavy atom. The second kappa shape index (κ2) is 7.33. The zero-order valence-electron chi connectivity index (χ0n) is 11.4. The van der Waals surface area contributed by atoms with Crippen LogP contribution in [-0.4, -0.2) is 25.5 Å². The van der Waals surface area contributed by atoms with Gasteiger partial charge in [-0.2, -0.15) is 0 Å². The van der Waals surface area contributed by atoms with Gasteiger partial charge in [-0.3, -0.25) is 4.79 Å². The van der Waals surface area contributed by atoms with Gasteiger partial charge in [-0.15, -0.1) is 0 Å². The summed E-state index contributed by atoms with van der Waals surface area (Å²) in [5, 5.41) is 6.09. The van der Waals surface area contributed by atoms with Gasteiger partial charge in [-0.1, -0.05) is 0 Å². The van der Waals surface area contributed by atoms with Crippen LogP contribution in [-0.2, 0) is 11.2 Å². The molecular formula is C15H20F2N2O. The number of carbonyl (C=O) groups excluding carboxylic acids is 1. The van der Waals surface area contributed by atoms with Crippen LogP contribution < -0.4 is 10.6 Å². The Labute approximate surface area is 117 Å². The molecular weight excluding hydrogens is 262 g/mol. The maximum atomic E-state index is 13.4. The number of piperidine rings is 1. The number of halogens is 2. The van der Waals surface area contributed by atoms with Crippen LogP contribution in [0.15, 0.2) is 18.2 Å². The molecule has 3 nitrogen and oxygen atoms in total. The number of carbonyl (C=O) groups is 1. The van der Waals surface area contributed by atoms with Crippen molar-refractivity contribution in [1.82, 2.24) is 10.6 Å². The van der Waals surface area contributed by atoms with Gasteiger partial charge in [0.25, 0.3) is 0 Å². The lowest BCUT2D eigenvalue weighted by Crippen LogP contribution is -2.33. The quantitative estimate of drug-likeness (QED) is 0.867. The monoisotopic (exact) mass is 282 g/mol. The molecule has 1 atom stereocenters. The van der Waals surface area contributed by atoms with Gasteiger partial charge < -0.3 is 10.6 Å². The van der Waals surface area contributed by atoms with Crippen LogP contribution in [0.4, 0.5) is 8.78 Å². The van der Waals surface area contributed by atoms with E-state index in [0.29, 0.717) is 12.5 Å². The van der Waals surface area contributed by atoms with Crippen LogP contribution in [0.25, 0.3) is 0 Å². The lowest BCUT2D eigenvalue weighted by atomic mass is 9.96. The minimum absolute atomic E-state index is 0.0989. The van der Waals surface area contributed by atoms with Gasteiger partial charge in [-0.25, -0.2) is 8.78 Å². The molecule has 0 radical (unpaired) electrons. The van der Waals surface area contributed by atoms with Gasteiger partial charge >= 0.3 is 0 Å². The zero-order valence-corrected chi connectivity index (χ0v) is 11.4. The average Bonchev–Trinajstić information content (AvgIpc) is 2.44. The molecule has 0 bridgehead atoms. The normalized spacial score (nSPS) is 18.8. The number of benzene rings is 1. The summed E-state index contributed by atoms with van der Waals surface area (Å²) >= 11 is 0. The van der Waals surface area contributed by atoms with Crippen molar-refractivity contribution in [3.63, 3.8) is 0 Å². The molecule has 1 unspecified atom stereocenters.